The molecule has 0 heterocycles. The van der Waals surface area contributed by atoms with Crippen molar-refractivity contribution < 1.29 is 35.7 Å². The second kappa shape index (κ2) is 10.2. The molecule has 0 radical (unpaired) electrons. The third-order valence-corrected chi connectivity index (χ3v) is 6.23. The zero-order valence-electron chi connectivity index (χ0n) is 20.0. The highest BCUT2D eigenvalue weighted by molar-refractivity contribution is 7.86. The van der Waals surface area contributed by atoms with Gasteiger partial charge in [-0.1, -0.05) is 0 Å². The maximum atomic E-state index is 12.4. The van der Waals surface area contributed by atoms with Gasteiger partial charge in [-0.3, -0.25) is 4.48 Å². The van der Waals surface area contributed by atoms with Crippen LogP contribution in [0.1, 0.15) is 43.7 Å². The molecule has 0 aliphatic rings. The highest BCUT2D eigenvalue weighted by Crippen LogP contribution is 2.27. The number of hydrogen-bond acceptors (Lipinski definition) is 5. The van der Waals surface area contributed by atoms with Crippen molar-refractivity contribution in [3.05, 3.63) is 63.2 Å². The van der Waals surface area contributed by atoms with E-state index in [2.05, 4.69) is 55.8 Å². The second-order valence-corrected chi connectivity index (χ2v) is 10.0. The number of quaternary nitrogens is 1. The van der Waals surface area contributed by atoms with Gasteiger partial charge in [-0.15, -0.1) is 0 Å². The third kappa shape index (κ3) is 7.28. The molecular weight excluding hydrogens is 459 g/mol. The van der Waals surface area contributed by atoms with Crippen LogP contribution in [0.15, 0.2) is 24.3 Å². The van der Waals surface area contributed by atoms with Crippen LogP contribution in [0.4, 0.5) is 18.9 Å². The number of rotatable bonds is 4. The van der Waals surface area contributed by atoms with Gasteiger partial charge in [0.15, 0.2) is 10.1 Å². The van der Waals surface area contributed by atoms with E-state index in [9.17, 15) is 18.0 Å². The first-order valence-electron chi connectivity index (χ1n) is 9.96. The number of nitrogens with zero attached hydrogens (tertiary/aromatic N) is 1. The molecule has 10 heteroatoms. The largest absolute Gasteiger partial charge is 0.741 e. The van der Waals surface area contributed by atoms with E-state index in [-0.39, 0.29) is 5.97 Å². The Morgan fingerprint density at radius 2 is 1.24 bits per heavy atom. The molecule has 184 valence electrons. The SMILES string of the molecule is Cc1c(C)c(C)c(COC(=O)c2ccc([N+](C)(C)C)cc2)c(C)c1C.O=S(=O)([O-])C(F)(F)F. The van der Waals surface area contributed by atoms with Crippen LogP contribution < -0.4 is 4.48 Å². The lowest BCUT2D eigenvalue weighted by Crippen LogP contribution is -2.34. The van der Waals surface area contributed by atoms with Gasteiger partial charge in [-0.25, -0.2) is 13.2 Å². The van der Waals surface area contributed by atoms with Crippen molar-refractivity contribution in [1.82, 2.24) is 4.48 Å². The standard InChI is InChI=1S/C22H30NO2.CHF3O3S/c1-14-15(2)17(4)21(18(5)16(14)3)13-25-22(24)19-9-11-20(12-10-19)23(6,7)8;2-1(3,4)8(5,6)7/h9-12H,13H2,1-8H3;(H,5,6,7)/q+1;/p-1. The number of carbonyl (C=O) groups is 1. The lowest BCUT2D eigenvalue weighted by atomic mass is 9.90. The van der Waals surface area contributed by atoms with Gasteiger partial charge in [0.1, 0.15) is 12.3 Å². The summed E-state index contributed by atoms with van der Waals surface area (Å²) < 4.78 is 65.2. The third-order valence-electron chi connectivity index (χ3n) is 5.66. The summed E-state index contributed by atoms with van der Waals surface area (Å²) in [6.07, 6.45) is 0. The summed E-state index contributed by atoms with van der Waals surface area (Å²) in [5.74, 6) is -0.275. The molecule has 0 fully saturated rings. The minimum Gasteiger partial charge on any atom is -0.741 e. The smallest absolute Gasteiger partial charge is 0.485 e. The lowest BCUT2D eigenvalue weighted by Gasteiger charge is -2.23. The monoisotopic (exact) mass is 489 g/mol. The fourth-order valence-corrected chi connectivity index (χ4v) is 3.06. The molecule has 0 atom stereocenters. The van der Waals surface area contributed by atoms with Crippen LogP contribution in [-0.2, 0) is 21.5 Å². The second-order valence-electron chi connectivity index (χ2n) is 8.64. The van der Waals surface area contributed by atoms with E-state index in [1.54, 1.807) is 0 Å². The minimum atomic E-state index is -6.09. The van der Waals surface area contributed by atoms with Gasteiger partial charge >= 0.3 is 11.5 Å². The van der Waals surface area contributed by atoms with Crippen molar-refractivity contribution in [1.29, 1.82) is 0 Å². The minimum absolute atomic E-state index is 0.275. The Morgan fingerprint density at radius 3 is 1.58 bits per heavy atom. The molecule has 0 unspecified atom stereocenters. The van der Waals surface area contributed by atoms with E-state index >= 15 is 0 Å². The number of carbonyl (C=O) groups excluding carboxylic acids is 1. The van der Waals surface area contributed by atoms with Crippen molar-refractivity contribution in [2.75, 3.05) is 21.1 Å². The number of esters is 1. The van der Waals surface area contributed by atoms with Crippen LogP contribution >= 0.6 is 0 Å². The van der Waals surface area contributed by atoms with Crippen LogP contribution in [0.2, 0.25) is 0 Å². The highest BCUT2D eigenvalue weighted by atomic mass is 32.2. The summed E-state index contributed by atoms with van der Waals surface area (Å²) in [5.41, 5.74) is 3.52. The zero-order valence-corrected chi connectivity index (χ0v) is 20.9. The van der Waals surface area contributed by atoms with Crippen LogP contribution in [0.5, 0.6) is 0 Å². The van der Waals surface area contributed by atoms with Crippen LogP contribution in [0.3, 0.4) is 0 Å². The Bertz CT molecular complexity index is 1090. The van der Waals surface area contributed by atoms with Crippen molar-refractivity contribution >= 4 is 21.8 Å². The molecule has 0 saturated carbocycles. The maximum Gasteiger partial charge on any atom is 0.485 e. The zero-order chi connectivity index (χ0) is 25.9. The van der Waals surface area contributed by atoms with Gasteiger partial charge in [0.2, 0.25) is 0 Å². The molecule has 33 heavy (non-hydrogen) atoms. The Hall–Kier alpha value is -2.43. The van der Waals surface area contributed by atoms with Crippen molar-refractivity contribution in [2.45, 2.75) is 46.7 Å². The van der Waals surface area contributed by atoms with E-state index < -0.39 is 15.6 Å². The Morgan fingerprint density at radius 1 is 0.879 bits per heavy atom. The van der Waals surface area contributed by atoms with Crippen molar-refractivity contribution in [3.63, 3.8) is 0 Å². The molecule has 0 aliphatic heterocycles. The molecule has 2 aromatic carbocycles. The number of alkyl halides is 3. The maximum absolute atomic E-state index is 12.4. The molecule has 0 spiro atoms. The van der Waals surface area contributed by atoms with Crippen LogP contribution in [0, 0.1) is 34.6 Å². The molecule has 0 amide bonds. The average molecular weight is 490 g/mol. The van der Waals surface area contributed by atoms with Gasteiger partial charge in [-0.05, 0) is 92.3 Å². The highest BCUT2D eigenvalue weighted by Gasteiger charge is 2.36. The predicted molar refractivity (Wildman–Crippen MR) is 121 cm³/mol. The van der Waals surface area contributed by atoms with Crippen molar-refractivity contribution in [3.8, 4) is 0 Å². The number of ether oxygens (including phenoxy) is 1. The predicted octanol–water partition coefficient (Wildman–Crippen LogP) is 4.83. The van der Waals surface area contributed by atoms with Crippen molar-refractivity contribution in [2.24, 2.45) is 0 Å². The number of benzene rings is 2. The molecule has 6 nitrogen and oxygen atoms in total. The van der Waals surface area contributed by atoms with Gasteiger partial charge in [0, 0.05) is 0 Å². The van der Waals surface area contributed by atoms with Gasteiger partial charge in [0.25, 0.3) is 0 Å². The Kier molecular flexibility index (Phi) is 8.87. The summed E-state index contributed by atoms with van der Waals surface area (Å²) >= 11 is 0. The van der Waals surface area contributed by atoms with Crippen LogP contribution in [0.25, 0.3) is 0 Å². The van der Waals surface area contributed by atoms with Gasteiger partial charge < -0.3 is 9.29 Å². The van der Waals surface area contributed by atoms with E-state index in [0.29, 0.717) is 12.2 Å². The van der Waals surface area contributed by atoms with E-state index in [4.69, 9.17) is 17.7 Å². The first-order valence-corrected chi connectivity index (χ1v) is 11.4. The number of halogens is 3. The molecule has 2 rings (SSSR count). The molecule has 0 N–H and O–H groups in total. The molecule has 0 saturated heterocycles. The summed E-state index contributed by atoms with van der Waals surface area (Å²) in [6, 6.07) is 7.64. The quantitative estimate of drug-likeness (QED) is 0.266. The van der Waals surface area contributed by atoms with E-state index in [0.717, 1.165) is 15.7 Å². The molecule has 0 bridgehead atoms. The average Bonchev–Trinajstić information content (AvgIpc) is 2.69. The summed E-state index contributed by atoms with van der Waals surface area (Å²) in [5, 5.41) is 0. The fraction of sp³-hybridized carbons (Fsp3) is 0.435. The Balaban J connectivity index is 0.000000582. The molecule has 2 aromatic rings. The Labute approximate surface area is 193 Å². The molecule has 0 aromatic heterocycles. The summed E-state index contributed by atoms with van der Waals surface area (Å²) in [4.78, 5) is 12.4. The molecular formula is C23H30F3NO5S. The fourth-order valence-electron chi connectivity index (χ4n) is 3.06. The topological polar surface area (TPSA) is 83.5 Å². The normalized spacial score (nSPS) is 12.1. The van der Waals surface area contributed by atoms with Crippen LogP contribution in [-0.4, -0.2) is 45.6 Å². The first-order chi connectivity index (χ1) is 14.8. The van der Waals surface area contributed by atoms with E-state index in [1.165, 1.54) is 27.8 Å². The number of hydrogen-bond donors (Lipinski definition) is 0. The lowest BCUT2D eigenvalue weighted by molar-refractivity contribution is -0.0517. The van der Waals surface area contributed by atoms with Gasteiger partial charge in [0.05, 0.1) is 26.7 Å². The van der Waals surface area contributed by atoms with E-state index in [1.807, 2.05) is 24.3 Å². The first kappa shape index (κ1) is 28.6. The molecule has 0 aliphatic carbocycles. The summed E-state index contributed by atoms with van der Waals surface area (Å²) in [7, 11) is 0.204. The summed E-state index contributed by atoms with van der Waals surface area (Å²) in [6.45, 7) is 10.9. The van der Waals surface area contributed by atoms with Gasteiger partial charge in [-0.2, -0.15) is 13.2 Å².